The van der Waals surface area contributed by atoms with Gasteiger partial charge in [-0.05, 0) is 31.0 Å². The highest BCUT2D eigenvalue weighted by Crippen LogP contribution is 2.32. The molecule has 23 heavy (non-hydrogen) atoms. The van der Waals surface area contributed by atoms with Crippen molar-refractivity contribution in [3.05, 3.63) is 54.2 Å². The Kier molecular flexibility index (Phi) is 4.41. The van der Waals surface area contributed by atoms with Crippen molar-refractivity contribution < 1.29 is 13.9 Å². The number of hydrogen-bond donors (Lipinski definition) is 0. The predicted octanol–water partition coefficient (Wildman–Crippen LogP) is 2.62. The van der Waals surface area contributed by atoms with E-state index in [1.165, 1.54) is 12.0 Å². The van der Waals surface area contributed by atoms with Gasteiger partial charge in [0.25, 0.3) is 0 Å². The topological polar surface area (TPSA) is 47.7 Å². The SMILES string of the molecule is c1ccc(CO[C@@H]2CN(Cc3ccoc3)[C@@H]3CCCO[C@@H]32)nc1. The zero-order valence-electron chi connectivity index (χ0n) is 13.1. The molecule has 2 aromatic heterocycles. The molecule has 2 aromatic rings. The van der Waals surface area contributed by atoms with Crippen molar-refractivity contribution in [2.75, 3.05) is 13.2 Å². The molecule has 122 valence electrons. The zero-order valence-corrected chi connectivity index (χ0v) is 13.1. The summed E-state index contributed by atoms with van der Waals surface area (Å²) >= 11 is 0. The number of fused-ring (bicyclic) bond motifs is 1. The minimum Gasteiger partial charge on any atom is -0.472 e. The average molecular weight is 314 g/mol. The molecular formula is C18H22N2O3. The Hall–Kier alpha value is -1.69. The van der Waals surface area contributed by atoms with E-state index in [9.17, 15) is 0 Å². The molecule has 4 rings (SSSR count). The highest BCUT2D eigenvalue weighted by atomic mass is 16.5. The molecule has 0 bridgehead atoms. The van der Waals surface area contributed by atoms with E-state index in [-0.39, 0.29) is 12.2 Å². The third-order valence-electron chi connectivity index (χ3n) is 4.72. The zero-order chi connectivity index (χ0) is 15.5. The van der Waals surface area contributed by atoms with Crippen LogP contribution in [0.4, 0.5) is 0 Å². The van der Waals surface area contributed by atoms with E-state index in [1.54, 1.807) is 12.5 Å². The van der Waals surface area contributed by atoms with Gasteiger partial charge in [-0.15, -0.1) is 0 Å². The van der Waals surface area contributed by atoms with Crippen LogP contribution in [-0.2, 0) is 22.6 Å². The Balaban J connectivity index is 1.42. The van der Waals surface area contributed by atoms with Crippen LogP contribution in [0.3, 0.4) is 0 Å². The normalized spacial score (nSPS) is 27.9. The van der Waals surface area contributed by atoms with E-state index in [2.05, 4.69) is 9.88 Å². The summed E-state index contributed by atoms with van der Waals surface area (Å²) in [6.45, 7) is 3.17. The van der Waals surface area contributed by atoms with Gasteiger partial charge in [-0.1, -0.05) is 6.07 Å². The highest BCUT2D eigenvalue weighted by molar-refractivity contribution is 5.08. The molecule has 4 heterocycles. The summed E-state index contributed by atoms with van der Waals surface area (Å²) in [6.07, 6.45) is 7.92. The smallest absolute Gasteiger partial charge is 0.100 e. The van der Waals surface area contributed by atoms with Gasteiger partial charge >= 0.3 is 0 Å². The third-order valence-corrected chi connectivity index (χ3v) is 4.72. The van der Waals surface area contributed by atoms with E-state index in [0.29, 0.717) is 12.6 Å². The molecule has 2 aliphatic heterocycles. The Bertz CT molecular complexity index is 602. The van der Waals surface area contributed by atoms with Crippen molar-refractivity contribution >= 4 is 0 Å². The lowest BCUT2D eigenvalue weighted by Crippen LogP contribution is -2.41. The van der Waals surface area contributed by atoms with Gasteiger partial charge in [0, 0.05) is 37.5 Å². The van der Waals surface area contributed by atoms with E-state index in [1.807, 2.05) is 30.5 Å². The lowest BCUT2D eigenvalue weighted by atomic mass is 10.0. The Labute approximate surface area is 136 Å². The maximum absolute atomic E-state index is 6.16. The minimum absolute atomic E-state index is 0.106. The molecule has 0 spiro atoms. The Morgan fingerprint density at radius 1 is 1.30 bits per heavy atom. The lowest BCUT2D eigenvalue weighted by Gasteiger charge is -2.32. The van der Waals surface area contributed by atoms with Crippen LogP contribution in [0.15, 0.2) is 47.4 Å². The van der Waals surface area contributed by atoms with Gasteiger partial charge < -0.3 is 13.9 Å². The maximum Gasteiger partial charge on any atom is 0.100 e. The monoisotopic (exact) mass is 314 g/mol. The van der Waals surface area contributed by atoms with E-state index in [4.69, 9.17) is 13.9 Å². The van der Waals surface area contributed by atoms with Crippen LogP contribution < -0.4 is 0 Å². The van der Waals surface area contributed by atoms with Crippen molar-refractivity contribution in [1.82, 2.24) is 9.88 Å². The second-order valence-corrected chi connectivity index (χ2v) is 6.28. The number of aromatic nitrogens is 1. The van der Waals surface area contributed by atoms with Gasteiger partial charge in [0.05, 0.1) is 30.9 Å². The van der Waals surface area contributed by atoms with Gasteiger partial charge in [-0.2, -0.15) is 0 Å². The average Bonchev–Trinajstić information content (AvgIpc) is 3.23. The van der Waals surface area contributed by atoms with Crippen molar-refractivity contribution in [2.45, 2.75) is 44.2 Å². The van der Waals surface area contributed by atoms with Crippen LogP contribution in [0.2, 0.25) is 0 Å². The standard InChI is InChI=1S/C18H22N2O3/c1-2-7-19-15(4-1)13-23-17-11-20(10-14-6-9-21-12-14)16-5-3-8-22-18(16)17/h1-2,4,6-7,9,12,16-18H,3,5,8,10-11,13H2/t16-,17-,18+/m1/s1. The molecule has 0 saturated carbocycles. The molecule has 0 N–H and O–H groups in total. The molecule has 2 saturated heterocycles. The number of ether oxygens (including phenoxy) is 2. The summed E-state index contributed by atoms with van der Waals surface area (Å²) < 4.78 is 17.4. The van der Waals surface area contributed by atoms with Gasteiger partial charge in [0.15, 0.2) is 0 Å². The fraction of sp³-hybridized carbons (Fsp3) is 0.500. The Morgan fingerprint density at radius 2 is 2.30 bits per heavy atom. The van der Waals surface area contributed by atoms with Crippen LogP contribution in [-0.4, -0.2) is 41.3 Å². The van der Waals surface area contributed by atoms with E-state index >= 15 is 0 Å². The van der Waals surface area contributed by atoms with Gasteiger partial charge in [0.2, 0.25) is 0 Å². The van der Waals surface area contributed by atoms with Crippen LogP contribution in [0.5, 0.6) is 0 Å². The minimum atomic E-state index is 0.106. The summed E-state index contributed by atoms with van der Waals surface area (Å²) in [5.41, 5.74) is 2.17. The van der Waals surface area contributed by atoms with Crippen molar-refractivity contribution in [3.8, 4) is 0 Å². The van der Waals surface area contributed by atoms with Crippen molar-refractivity contribution in [3.63, 3.8) is 0 Å². The van der Waals surface area contributed by atoms with E-state index < -0.39 is 0 Å². The summed E-state index contributed by atoms with van der Waals surface area (Å²) in [5.74, 6) is 0. The lowest BCUT2D eigenvalue weighted by molar-refractivity contribution is -0.0824. The first kappa shape index (κ1) is 14.9. The summed E-state index contributed by atoms with van der Waals surface area (Å²) in [6, 6.07) is 8.38. The molecular weight excluding hydrogens is 292 g/mol. The first-order chi connectivity index (χ1) is 11.4. The van der Waals surface area contributed by atoms with Gasteiger partial charge in [0.1, 0.15) is 6.10 Å². The maximum atomic E-state index is 6.16. The first-order valence-corrected chi connectivity index (χ1v) is 8.28. The molecule has 0 aliphatic carbocycles. The van der Waals surface area contributed by atoms with Crippen LogP contribution >= 0.6 is 0 Å². The number of hydrogen-bond acceptors (Lipinski definition) is 5. The van der Waals surface area contributed by atoms with Gasteiger partial charge in [-0.3, -0.25) is 9.88 Å². The molecule has 2 aliphatic rings. The molecule has 5 nitrogen and oxygen atoms in total. The molecule has 0 amide bonds. The number of pyridine rings is 1. The summed E-state index contributed by atoms with van der Waals surface area (Å²) in [4.78, 5) is 6.80. The molecule has 5 heteroatoms. The van der Waals surface area contributed by atoms with Crippen LogP contribution in [0.1, 0.15) is 24.1 Å². The molecule has 3 atom stereocenters. The number of likely N-dealkylation sites (tertiary alicyclic amines) is 1. The number of furan rings is 1. The number of rotatable bonds is 5. The van der Waals surface area contributed by atoms with E-state index in [0.717, 1.165) is 31.8 Å². The largest absolute Gasteiger partial charge is 0.472 e. The van der Waals surface area contributed by atoms with Crippen LogP contribution in [0, 0.1) is 0 Å². The summed E-state index contributed by atoms with van der Waals surface area (Å²) in [7, 11) is 0. The summed E-state index contributed by atoms with van der Waals surface area (Å²) in [5, 5.41) is 0. The quantitative estimate of drug-likeness (QED) is 0.849. The second kappa shape index (κ2) is 6.83. The van der Waals surface area contributed by atoms with Gasteiger partial charge in [-0.25, -0.2) is 0 Å². The molecule has 2 fully saturated rings. The molecule has 0 unspecified atom stereocenters. The van der Waals surface area contributed by atoms with Crippen LogP contribution in [0.25, 0.3) is 0 Å². The fourth-order valence-corrected chi connectivity index (χ4v) is 3.63. The molecule has 0 aromatic carbocycles. The first-order valence-electron chi connectivity index (χ1n) is 8.28. The number of nitrogens with zero attached hydrogens (tertiary/aromatic N) is 2. The predicted molar refractivity (Wildman–Crippen MR) is 84.7 cm³/mol. The fourth-order valence-electron chi connectivity index (χ4n) is 3.63. The Morgan fingerprint density at radius 3 is 3.13 bits per heavy atom. The highest BCUT2D eigenvalue weighted by Gasteiger charge is 2.44. The van der Waals surface area contributed by atoms with Crippen molar-refractivity contribution in [1.29, 1.82) is 0 Å². The molecule has 0 radical (unpaired) electrons. The van der Waals surface area contributed by atoms with Crippen molar-refractivity contribution in [2.24, 2.45) is 0 Å². The third kappa shape index (κ3) is 3.32. The second-order valence-electron chi connectivity index (χ2n) is 6.28.